The molecule has 0 aliphatic carbocycles. The van der Waals surface area contributed by atoms with Crippen LogP contribution in [0.2, 0.25) is 0 Å². The van der Waals surface area contributed by atoms with Crippen molar-refractivity contribution < 1.29 is 17.4 Å². The van der Waals surface area contributed by atoms with Gasteiger partial charge in [0.05, 0.1) is 12.9 Å². The number of benzene rings is 2. The normalized spacial score (nSPS) is 11.2. The number of hydrogen-bond donors (Lipinski definition) is 0. The molecule has 5 heteroatoms. The van der Waals surface area contributed by atoms with Crippen molar-refractivity contribution in [3.8, 4) is 11.1 Å². The van der Waals surface area contributed by atoms with Crippen LogP contribution >= 0.6 is 0 Å². The highest BCUT2D eigenvalue weighted by molar-refractivity contribution is 7.85. The second-order valence-corrected chi connectivity index (χ2v) is 6.01. The third-order valence-corrected chi connectivity index (χ3v) is 3.35. The molecule has 20 heavy (non-hydrogen) atoms. The highest BCUT2D eigenvalue weighted by Crippen LogP contribution is 2.24. The minimum Gasteiger partial charge on any atom is -0.298 e. The Balaban J connectivity index is 2.33. The van der Waals surface area contributed by atoms with E-state index in [1.807, 2.05) is 36.4 Å². The quantitative estimate of drug-likeness (QED) is 0.627. The maximum atomic E-state index is 11.1. The van der Waals surface area contributed by atoms with E-state index in [-0.39, 0.29) is 6.61 Å². The fourth-order valence-corrected chi connectivity index (χ4v) is 2.18. The molecule has 0 unspecified atom stereocenters. The van der Waals surface area contributed by atoms with Gasteiger partial charge in [-0.3, -0.25) is 8.98 Å². The van der Waals surface area contributed by atoms with Crippen LogP contribution in [0.5, 0.6) is 0 Å². The van der Waals surface area contributed by atoms with Crippen LogP contribution in [-0.4, -0.2) is 21.0 Å². The first-order chi connectivity index (χ1) is 9.49. The van der Waals surface area contributed by atoms with E-state index in [0.29, 0.717) is 5.56 Å². The van der Waals surface area contributed by atoms with Gasteiger partial charge in [0.25, 0.3) is 10.1 Å². The van der Waals surface area contributed by atoms with Crippen LogP contribution in [0.15, 0.2) is 48.5 Å². The first-order valence-electron chi connectivity index (χ1n) is 5.97. The number of carbonyl (C=O) groups is 1. The van der Waals surface area contributed by atoms with Crippen LogP contribution in [0, 0.1) is 0 Å². The Morgan fingerprint density at radius 3 is 2.30 bits per heavy atom. The van der Waals surface area contributed by atoms with E-state index in [0.717, 1.165) is 29.2 Å². The van der Waals surface area contributed by atoms with E-state index < -0.39 is 10.1 Å². The van der Waals surface area contributed by atoms with E-state index in [2.05, 4.69) is 0 Å². The molecule has 0 saturated carbocycles. The Morgan fingerprint density at radius 2 is 1.70 bits per heavy atom. The number of rotatable bonds is 5. The third kappa shape index (κ3) is 3.76. The van der Waals surface area contributed by atoms with Gasteiger partial charge in [0.1, 0.15) is 6.29 Å². The van der Waals surface area contributed by atoms with Crippen LogP contribution in [0.1, 0.15) is 15.9 Å². The largest absolute Gasteiger partial charge is 0.298 e. The molecule has 0 spiro atoms. The second kappa shape index (κ2) is 5.98. The molecule has 0 N–H and O–H groups in total. The van der Waals surface area contributed by atoms with E-state index in [1.165, 1.54) is 0 Å². The molecule has 0 aromatic heterocycles. The highest BCUT2D eigenvalue weighted by Gasteiger charge is 2.08. The smallest absolute Gasteiger partial charge is 0.264 e. The Kier molecular flexibility index (Phi) is 4.32. The average molecular weight is 290 g/mol. The number of hydrogen-bond acceptors (Lipinski definition) is 4. The zero-order valence-corrected chi connectivity index (χ0v) is 11.8. The highest BCUT2D eigenvalue weighted by atomic mass is 32.2. The molecule has 0 fully saturated rings. The van der Waals surface area contributed by atoms with Gasteiger partial charge in [0.15, 0.2) is 0 Å². The predicted octanol–water partition coefficient (Wildman–Crippen LogP) is 2.64. The van der Waals surface area contributed by atoms with Crippen molar-refractivity contribution in [1.82, 2.24) is 0 Å². The van der Waals surface area contributed by atoms with E-state index in [9.17, 15) is 13.2 Å². The summed E-state index contributed by atoms with van der Waals surface area (Å²) in [7, 11) is -3.48. The first kappa shape index (κ1) is 14.4. The fraction of sp³-hybridized carbons (Fsp3) is 0.133. The van der Waals surface area contributed by atoms with E-state index in [4.69, 9.17) is 4.18 Å². The van der Waals surface area contributed by atoms with Gasteiger partial charge in [0.2, 0.25) is 0 Å². The van der Waals surface area contributed by atoms with Crippen LogP contribution in [0.4, 0.5) is 0 Å². The van der Waals surface area contributed by atoms with Gasteiger partial charge in [-0.2, -0.15) is 8.42 Å². The lowest BCUT2D eigenvalue weighted by Gasteiger charge is -2.09. The topological polar surface area (TPSA) is 60.4 Å². The Morgan fingerprint density at radius 1 is 1.05 bits per heavy atom. The molecule has 0 saturated heterocycles. The van der Waals surface area contributed by atoms with Gasteiger partial charge in [-0.25, -0.2) is 0 Å². The Hall–Kier alpha value is -1.98. The lowest BCUT2D eigenvalue weighted by atomic mass is 9.99. The summed E-state index contributed by atoms with van der Waals surface area (Å²) in [4.78, 5) is 10.6. The zero-order chi connectivity index (χ0) is 14.6. The number of aldehydes is 1. The molecule has 4 nitrogen and oxygen atoms in total. The third-order valence-electron chi connectivity index (χ3n) is 2.80. The summed E-state index contributed by atoms with van der Waals surface area (Å²) in [6, 6.07) is 14.5. The molecule has 0 bridgehead atoms. The molecule has 104 valence electrons. The van der Waals surface area contributed by atoms with Gasteiger partial charge < -0.3 is 0 Å². The average Bonchev–Trinajstić information content (AvgIpc) is 2.45. The van der Waals surface area contributed by atoms with Crippen molar-refractivity contribution in [3.05, 3.63) is 59.7 Å². The van der Waals surface area contributed by atoms with Crippen LogP contribution < -0.4 is 0 Å². The van der Waals surface area contributed by atoms with Crippen LogP contribution in [0.3, 0.4) is 0 Å². The van der Waals surface area contributed by atoms with Gasteiger partial charge in [0, 0.05) is 5.56 Å². The van der Waals surface area contributed by atoms with E-state index in [1.54, 1.807) is 12.1 Å². The maximum Gasteiger partial charge on any atom is 0.264 e. The van der Waals surface area contributed by atoms with Crippen LogP contribution in [0.25, 0.3) is 11.1 Å². The van der Waals surface area contributed by atoms with Crippen molar-refractivity contribution >= 4 is 16.4 Å². The summed E-state index contributed by atoms with van der Waals surface area (Å²) in [6.45, 7) is -0.00949. The van der Waals surface area contributed by atoms with E-state index >= 15 is 0 Å². The summed E-state index contributed by atoms with van der Waals surface area (Å²) < 4.78 is 27.0. The minimum atomic E-state index is -3.48. The lowest BCUT2D eigenvalue weighted by Crippen LogP contribution is -2.03. The molecule has 0 amide bonds. The summed E-state index contributed by atoms with van der Waals surface area (Å²) >= 11 is 0. The van der Waals surface area contributed by atoms with Gasteiger partial charge in [-0.1, -0.05) is 48.5 Å². The zero-order valence-electron chi connectivity index (χ0n) is 10.9. The summed E-state index contributed by atoms with van der Waals surface area (Å²) in [5.41, 5.74) is 3.16. The first-order valence-corrected chi connectivity index (χ1v) is 7.79. The Bertz CT molecular complexity index is 703. The molecular formula is C15H14O4S. The molecule has 2 aromatic rings. The van der Waals surface area contributed by atoms with Crippen molar-refractivity contribution in [2.24, 2.45) is 0 Å². The molecule has 0 heterocycles. The van der Waals surface area contributed by atoms with Crippen molar-refractivity contribution in [2.75, 3.05) is 6.26 Å². The molecule has 0 aliphatic rings. The molecule has 0 radical (unpaired) electrons. The summed E-state index contributed by atoms with van der Waals surface area (Å²) in [5, 5.41) is 0. The number of carbonyl (C=O) groups excluding carboxylic acids is 1. The van der Waals surface area contributed by atoms with Crippen molar-refractivity contribution in [2.45, 2.75) is 6.61 Å². The molecule has 0 aliphatic heterocycles. The Labute approximate surface area is 118 Å². The molecule has 0 atom stereocenters. The minimum absolute atomic E-state index is 0.00949. The molecular weight excluding hydrogens is 276 g/mol. The van der Waals surface area contributed by atoms with Gasteiger partial charge in [-0.05, 0) is 16.7 Å². The summed E-state index contributed by atoms with van der Waals surface area (Å²) in [6.07, 6.45) is 1.80. The standard InChI is InChI=1S/C15H14O4S/c1-20(17,18)19-11-14-4-2-3-5-15(14)13-8-6-12(10-16)7-9-13/h2-10H,11H2,1H3. The SMILES string of the molecule is CS(=O)(=O)OCc1ccccc1-c1ccc(C=O)cc1. The molecule has 2 rings (SSSR count). The maximum absolute atomic E-state index is 11.1. The van der Waals surface area contributed by atoms with Crippen molar-refractivity contribution in [3.63, 3.8) is 0 Å². The monoisotopic (exact) mass is 290 g/mol. The predicted molar refractivity (Wildman–Crippen MR) is 76.9 cm³/mol. The van der Waals surface area contributed by atoms with Gasteiger partial charge >= 0.3 is 0 Å². The lowest BCUT2D eigenvalue weighted by molar-refractivity contribution is 0.112. The van der Waals surface area contributed by atoms with Gasteiger partial charge in [-0.15, -0.1) is 0 Å². The van der Waals surface area contributed by atoms with Crippen LogP contribution in [-0.2, 0) is 20.9 Å². The second-order valence-electron chi connectivity index (χ2n) is 4.36. The fourth-order valence-electron chi connectivity index (χ4n) is 1.84. The molecule has 2 aromatic carbocycles. The summed E-state index contributed by atoms with van der Waals surface area (Å²) in [5.74, 6) is 0. The van der Waals surface area contributed by atoms with Crippen molar-refractivity contribution in [1.29, 1.82) is 0 Å².